The van der Waals surface area contributed by atoms with Gasteiger partial charge >= 0.3 is 5.97 Å². The minimum Gasteiger partial charge on any atom is -0.465 e. The molecule has 0 N–H and O–H groups in total. The van der Waals surface area contributed by atoms with E-state index in [1.807, 2.05) is 6.92 Å². The second kappa shape index (κ2) is 5.62. The molecule has 4 rings (SSSR count). The Morgan fingerprint density at radius 2 is 1.57 bits per heavy atom. The lowest BCUT2D eigenvalue weighted by atomic mass is 9.49. The Bertz CT molecular complexity index is 396. The number of esters is 1. The third-order valence-electron chi connectivity index (χ3n) is 5.79. The van der Waals surface area contributed by atoms with Gasteiger partial charge in [-0.25, -0.2) is 0 Å². The molecule has 4 saturated carbocycles. The third-order valence-corrected chi connectivity index (χ3v) is 5.79. The molecular weight excluding hydrogens is 266 g/mol. The van der Waals surface area contributed by atoms with Crippen LogP contribution in [0.25, 0.3) is 0 Å². The van der Waals surface area contributed by atoms with Crippen molar-refractivity contribution in [3.8, 4) is 0 Å². The van der Waals surface area contributed by atoms with E-state index in [0.29, 0.717) is 13.2 Å². The van der Waals surface area contributed by atoms with E-state index in [1.54, 1.807) is 11.8 Å². The van der Waals surface area contributed by atoms with Gasteiger partial charge in [0, 0.05) is 6.54 Å². The van der Waals surface area contributed by atoms with E-state index >= 15 is 0 Å². The Balaban J connectivity index is 1.72. The lowest BCUT2D eigenvalue weighted by Gasteiger charge is -2.56. The van der Waals surface area contributed by atoms with E-state index < -0.39 is 0 Å². The summed E-state index contributed by atoms with van der Waals surface area (Å²) in [6.07, 6.45) is 7.15. The van der Waals surface area contributed by atoms with Crippen LogP contribution in [0.1, 0.15) is 52.4 Å². The van der Waals surface area contributed by atoms with Gasteiger partial charge < -0.3 is 9.64 Å². The van der Waals surface area contributed by atoms with Gasteiger partial charge in [-0.15, -0.1) is 0 Å². The number of carbonyl (C=O) groups excluding carboxylic acids is 2. The highest BCUT2D eigenvalue weighted by atomic mass is 16.5. The molecule has 4 aliphatic carbocycles. The Kier molecular flexibility index (Phi) is 3.98. The molecule has 0 spiro atoms. The van der Waals surface area contributed by atoms with Crippen LogP contribution in [0.4, 0.5) is 0 Å². The largest absolute Gasteiger partial charge is 0.465 e. The Morgan fingerprint density at radius 3 is 2.00 bits per heavy atom. The zero-order chi connectivity index (χ0) is 15.0. The second-order valence-electron chi connectivity index (χ2n) is 7.32. The fourth-order valence-corrected chi connectivity index (χ4v) is 5.40. The third kappa shape index (κ3) is 2.69. The zero-order valence-electron chi connectivity index (χ0n) is 13.3. The molecule has 0 heterocycles. The van der Waals surface area contributed by atoms with Crippen molar-refractivity contribution in [2.75, 3.05) is 19.7 Å². The molecule has 4 fully saturated rings. The predicted octanol–water partition coefficient (Wildman–Crippen LogP) is 2.61. The molecule has 4 bridgehead atoms. The summed E-state index contributed by atoms with van der Waals surface area (Å²) in [6, 6.07) is 0. The first-order valence-electron chi connectivity index (χ1n) is 8.51. The summed E-state index contributed by atoms with van der Waals surface area (Å²) in [5.74, 6) is 2.19. The smallest absolute Gasteiger partial charge is 0.325 e. The van der Waals surface area contributed by atoms with Crippen LogP contribution in [0.15, 0.2) is 0 Å². The summed E-state index contributed by atoms with van der Waals surface area (Å²) in [4.78, 5) is 26.5. The van der Waals surface area contributed by atoms with Crippen molar-refractivity contribution in [1.82, 2.24) is 4.90 Å². The van der Waals surface area contributed by atoms with Gasteiger partial charge in [0.1, 0.15) is 6.54 Å². The van der Waals surface area contributed by atoms with Gasteiger partial charge in [0.05, 0.1) is 12.0 Å². The number of amides is 1. The number of hydrogen-bond acceptors (Lipinski definition) is 3. The molecule has 0 radical (unpaired) electrons. The van der Waals surface area contributed by atoms with Gasteiger partial charge in [-0.1, -0.05) is 0 Å². The van der Waals surface area contributed by atoms with Crippen molar-refractivity contribution in [2.45, 2.75) is 52.4 Å². The Morgan fingerprint density at radius 1 is 1.05 bits per heavy atom. The number of hydrogen-bond donors (Lipinski definition) is 0. The molecule has 4 aliphatic rings. The van der Waals surface area contributed by atoms with E-state index in [4.69, 9.17) is 4.74 Å². The van der Waals surface area contributed by atoms with Gasteiger partial charge in [-0.2, -0.15) is 0 Å². The molecule has 0 aromatic carbocycles. The lowest BCUT2D eigenvalue weighted by molar-refractivity contribution is -0.162. The van der Waals surface area contributed by atoms with Crippen LogP contribution in [0.2, 0.25) is 0 Å². The van der Waals surface area contributed by atoms with Gasteiger partial charge in [0.2, 0.25) is 5.91 Å². The van der Waals surface area contributed by atoms with Crippen molar-refractivity contribution in [2.24, 2.45) is 23.2 Å². The number of rotatable bonds is 5. The standard InChI is InChI=1S/C17H27NO3/c1-3-18(11-15(19)21-4-2)16(20)17-8-12-5-13(9-17)7-14(6-12)10-17/h12-14H,3-11H2,1-2H3. The SMILES string of the molecule is CCOC(=O)CN(CC)C(=O)C12CC3CC(CC(C3)C1)C2. The van der Waals surface area contributed by atoms with Crippen LogP contribution in [0.5, 0.6) is 0 Å². The summed E-state index contributed by atoms with van der Waals surface area (Å²) in [5.41, 5.74) is -0.156. The summed E-state index contributed by atoms with van der Waals surface area (Å²) >= 11 is 0. The minimum absolute atomic E-state index is 0.116. The second-order valence-corrected chi connectivity index (χ2v) is 7.32. The van der Waals surface area contributed by atoms with E-state index in [-0.39, 0.29) is 23.8 Å². The highest BCUT2D eigenvalue weighted by Gasteiger charge is 2.55. The summed E-state index contributed by atoms with van der Waals surface area (Å²) < 4.78 is 5.01. The van der Waals surface area contributed by atoms with Gasteiger partial charge in [-0.3, -0.25) is 9.59 Å². The monoisotopic (exact) mass is 293 g/mol. The van der Waals surface area contributed by atoms with Crippen molar-refractivity contribution in [1.29, 1.82) is 0 Å². The fourth-order valence-electron chi connectivity index (χ4n) is 5.40. The minimum atomic E-state index is -0.280. The normalized spacial score (nSPS) is 36.6. The van der Waals surface area contributed by atoms with Crippen molar-refractivity contribution < 1.29 is 14.3 Å². The number of nitrogens with zero attached hydrogens (tertiary/aromatic N) is 1. The first-order chi connectivity index (χ1) is 10.1. The average molecular weight is 293 g/mol. The highest BCUT2D eigenvalue weighted by molar-refractivity contribution is 5.86. The Labute approximate surface area is 127 Å². The highest BCUT2D eigenvalue weighted by Crippen LogP contribution is 2.60. The van der Waals surface area contributed by atoms with E-state index in [2.05, 4.69) is 0 Å². The van der Waals surface area contributed by atoms with Crippen molar-refractivity contribution in [3.05, 3.63) is 0 Å². The van der Waals surface area contributed by atoms with Gasteiger partial charge in [0.25, 0.3) is 0 Å². The molecule has 0 aromatic heterocycles. The van der Waals surface area contributed by atoms with Crippen LogP contribution < -0.4 is 0 Å². The van der Waals surface area contributed by atoms with Crippen LogP contribution in [-0.2, 0) is 14.3 Å². The van der Waals surface area contributed by atoms with Crippen LogP contribution in [0, 0.1) is 23.2 Å². The van der Waals surface area contributed by atoms with E-state index in [0.717, 1.165) is 37.0 Å². The molecule has 0 aromatic rings. The van der Waals surface area contributed by atoms with Crippen LogP contribution in [-0.4, -0.2) is 36.5 Å². The van der Waals surface area contributed by atoms with Crippen LogP contribution in [0.3, 0.4) is 0 Å². The maximum absolute atomic E-state index is 13.1. The van der Waals surface area contributed by atoms with Crippen molar-refractivity contribution >= 4 is 11.9 Å². The van der Waals surface area contributed by atoms with E-state index in [9.17, 15) is 9.59 Å². The number of carbonyl (C=O) groups is 2. The Hall–Kier alpha value is -1.06. The van der Waals surface area contributed by atoms with E-state index in [1.165, 1.54) is 19.3 Å². The fraction of sp³-hybridized carbons (Fsp3) is 0.882. The number of ether oxygens (including phenoxy) is 1. The van der Waals surface area contributed by atoms with Gasteiger partial charge in [0.15, 0.2) is 0 Å². The molecule has 0 aliphatic heterocycles. The molecule has 0 atom stereocenters. The van der Waals surface area contributed by atoms with Crippen LogP contribution >= 0.6 is 0 Å². The molecule has 4 heteroatoms. The quantitative estimate of drug-likeness (QED) is 0.732. The maximum atomic E-state index is 13.1. The zero-order valence-corrected chi connectivity index (χ0v) is 13.3. The first-order valence-corrected chi connectivity index (χ1v) is 8.51. The number of likely N-dealkylation sites (N-methyl/N-ethyl adjacent to an activating group) is 1. The van der Waals surface area contributed by atoms with Crippen molar-refractivity contribution in [3.63, 3.8) is 0 Å². The van der Waals surface area contributed by atoms with Gasteiger partial charge in [-0.05, 0) is 70.1 Å². The summed E-state index contributed by atoms with van der Waals surface area (Å²) in [6.45, 7) is 4.85. The molecule has 0 saturated heterocycles. The molecule has 1 amide bonds. The lowest BCUT2D eigenvalue weighted by Crippen LogP contribution is -2.55. The molecule has 21 heavy (non-hydrogen) atoms. The predicted molar refractivity (Wildman–Crippen MR) is 79.5 cm³/mol. The topological polar surface area (TPSA) is 46.6 Å². The first kappa shape index (κ1) is 14.9. The molecule has 4 nitrogen and oxygen atoms in total. The molecular formula is C17H27NO3. The maximum Gasteiger partial charge on any atom is 0.325 e. The average Bonchev–Trinajstić information content (AvgIpc) is 2.43. The molecule has 0 unspecified atom stereocenters. The summed E-state index contributed by atoms with van der Waals surface area (Å²) in [5, 5.41) is 0. The summed E-state index contributed by atoms with van der Waals surface area (Å²) in [7, 11) is 0. The molecule has 118 valence electrons.